The molecule has 0 unspecified atom stereocenters. The van der Waals surface area contributed by atoms with Crippen molar-refractivity contribution < 1.29 is 9.90 Å². The van der Waals surface area contributed by atoms with Crippen LogP contribution < -0.4 is 0 Å². The van der Waals surface area contributed by atoms with Gasteiger partial charge in [0.2, 0.25) is 0 Å². The zero-order valence-electron chi connectivity index (χ0n) is 10.6. The maximum atomic E-state index is 12.3. The predicted molar refractivity (Wildman–Crippen MR) is 78.4 cm³/mol. The van der Waals surface area contributed by atoms with E-state index in [-0.39, 0.29) is 12.0 Å². The Balaban J connectivity index is 1.94. The third-order valence-electron chi connectivity index (χ3n) is 3.07. The summed E-state index contributed by atoms with van der Waals surface area (Å²) in [5, 5.41) is 9.34. The number of aliphatic hydroxyl groups excluding tert-OH is 1. The molecular formula is C12H16Cl2N2O2S. The number of piperazine rings is 1. The van der Waals surface area contributed by atoms with Crippen molar-refractivity contribution >= 4 is 40.4 Å². The Morgan fingerprint density at radius 2 is 2.05 bits per heavy atom. The Labute approximate surface area is 126 Å². The van der Waals surface area contributed by atoms with Crippen LogP contribution in [0.2, 0.25) is 8.67 Å². The lowest BCUT2D eigenvalue weighted by molar-refractivity contribution is 0.0554. The van der Waals surface area contributed by atoms with Crippen molar-refractivity contribution in [3.63, 3.8) is 0 Å². The highest BCUT2D eigenvalue weighted by atomic mass is 35.5. The van der Waals surface area contributed by atoms with Crippen LogP contribution in [0.4, 0.5) is 0 Å². The summed E-state index contributed by atoms with van der Waals surface area (Å²) in [4.78, 5) is 16.2. The van der Waals surface area contributed by atoms with Gasteiger partial charge in [-0.2, -0.15) is 0 Å². The third kappa shape index (κ3) is 3.83. The van der Waals surface area contributed by atoms with E-state index in [0.717, 1.165) is 13.1 Å². The molecule has 1 fully saturated rings. The van der Waals surface area contributed by atoms with E-state index in [4.69, 9.17) is 23.2 Å². The zero-order chi connectivity index (χ0) is 14.0. The molecule has 7 heteroatoms. The smallest absolute Gasteiger partial charge is 0.256 e. The minimum Gasteiger partial charge on any atom is -0.392 e. The van der Waals surface area contributed by atoms with Crippen molar-refractivity contribution in [1.29, 1.82) is 0 Å². The van der Waals surface area contributed by atoms with E-state index in [2.05, 4.69) is 4.90 Å². The number of β-amino-alcohol motifs (C(OH)–C–C–N with tert-alkyl or cyclic N) is 1. The summed E-state index contributed by atoms with van der Waals surface area (Å²) >= 11 is 13.1. The second-order valence-corrected chi connectivity index (χ2v) is 6.97. The van der Waals surface area contributed by atoms with Gasteiger partial charge in [-0.25, -0.2) is 0 Å². The van der Waals surface area contributed by atoms with Gasteiger partial charge in [0.1, 0.15) is 4.34 Å². The summed E-state index contributed by atoms with van der Waals surface area (Å²) in [7, 11) is 0. The molecule has 0 saturated carbocycles. The topological polar surface area (TPSA) is 43.8 Å². The number of hydrogen-bond acceptors (Lipinski definition) is 4. The van der Waals surface area contributed by atoms with E-state index in [1.54, 1.807) is 17.9 Å². The first kappa shape index (κ1) is 15.1. The van der Waals surface area contributed by atoms with E-state index in [1.807, 2.05) is 0 Å². The Morgan fingerprint density at radius 1 is 1.42 bits per heavy atom. The average Bonchev–Trinajstić information content (AvgIpc) is 2.68. The molecule has 1 aliphatic rings. The summed E-state index contributed by atoms with van der Waals surface area (Å²) in [5.41, 5.74) is 0.487. The van der Waals surface area contributed by atoms with Crippen LogP contribution in [-0.2, 0) is 0 Å². The van der Waals surface area contributed by atoms with Gasteiger partial charge in [0, 0.05) is 32.7 Å². The van der Waals surface area contributed by atoms with Gasteiger partial charge in [-0.1, -0.05) is 23.2 Å². The number of halogens is 2. The van der Waals surface area contributed by atoms with Crippen LogP contribution in [0.5, 0.6) is 0 Å². The molecule has 0 spiro atoms. The average molecular weight is 323 g/mol. The van der Waals surface area contributed by atoms with Crippen molar-refractivity contribution in [3.05, 3.63) is 20.3 Å². The van der Waals surface area contributed by atoms with Gasteiger partial charge in [-0.3, -0.25) is 9.69 Å². The van der Waals surface area contributed by atoms with E-state index < -0.39 is 0 Å². The van der Waals surface area contributed by atoms with Crippen LogP contribution in [0.1, 0.15) is 17.3 Å². The van der Waals surface area contributed by atoms with E-state index in [1.165, 1.54) is 11.3 Å². The summed E-state index contributed by atoms with van der Waals surface area (Å²) in [6, 6.07) is 1.62. The second-order valence-electron chi connectivity index (χ2n) is 4.68. The largest absolute Gasteiger partial charge is 0.392 e. The molecule has 106 valence electrons. The van der Waals surface area contributed by atoms with Crippen molar-refractivity contribution in [2.75, 3.05) is 32.7 Å². The molecular weight excluding hydrogens is 307 g/mol. The third-order valence-corrected chi connectivity index (χ3v) is 4.56. The van der Waals surface area contributed by atoms with Crippen LogP contribution in [-0.4, -0.2) is 59.6 Å². The molecule has 1 amide bonds. The summed E-state index contributed by atoms with van der Waals surface area (Å²) in [5.74, 6) is -0.0650. The van der Waals surface area contributed by atoms with Crippen LogP contribution >= 0.6 is 34.5 Å². The molecule has 4 nitrogen and oxygen atoms in total. The second kappa shape index (κ2) is 6.41. The fourth-order valence-electron chi connectivity index (χ4n) is 2.16. The molecule has 0 radical (unpaired) electrons. The standard InChI is InChI=1S/C12H16Cl2N2O2S/c1-8(17)7-15-2-4-16(5-3-15)12(18)9-6-10(13)19-11(9)14/h6,8,17H,2-5,7H2,1H3/t8-/m0/s1. The number of amides is 1. The number of carbonyl (C=O) groups excluding carboxylic acids is 1. The van der Waals surface area contributed by atoms with Crippen LogP contribution in [0.15, 0.2) is 6.07 Å². The summed E-state index contributed by atoms with van der Waals surface area (Å²) in [6.07, 6.45) is -0.340. The highest BCUT2D eigenvalue weighted by molar-refractivity contribution is 7.20. The number of aliphatic hydroxyl groups is 1. The van der Waals surface area contributed by atoms with E-state index in [0.29, 0.717) is 33.9 Å². The molecule has 1 saturated heterocycles. The minimum atomic E-state index is -0.340. The normalized spacial score (nSPS) is 18.6. The van der Waals surface area contributed by atoms with E-state index in [9.17, 15) is 9.90 Å². The lowest BCUT2D eigenvalue weighted by Gasteiger charge is -2.35. The minimum absolute atomic E-state index is 0.0650. The number of thiophene rings is 1. The van der Waals surface area contributed by atoms with Crippen LogP contribution in [0.3, 0.4) is 0 Å². The van der Waals surface area contributed by atoms with Gasteiger partial charge < -0.3 is 10.0 Å². The molecule has 1 aromatic heterocycles. The molecule has 0 aromatic carbocycles. The van der Waals surface area contributed by atoms with Crippen molar-refractivity contribution in [2.45, 2.75) is 13.0 Å². The first-order valence-electron chi connectivity index (χ1n) is 6.12. The molecule has 0 aliphatic carbocycles. The first-order valence-corrected chi connectivity index (χ1v) is 7.69. The lowest BCUT2D eigenvalue weighted by atomic mass is 10.2. The Morgan fingerprint density at radius 3 is 2.53 bits per heavy atom. The lowest BCUT2D eigenvalue weighted by Crippen LogP contribution is -2.50. The molecule has 1 N–H and O–H groups in total. The monoisotopic (exact) mass is 322 g/mol. The van der Waals surface area contributed by atoms with Crippen molar-refractivity contribution in [2.24, 2.45) is 0 Å². The molecule has 1 aromatic rings. The molecule has 2 heterocycles. The fraction of sp³-hybridized carbons (Fsp3) is 0.583. The van der Waals surface area contributed by atoms with Crippen molar-refractivity contribution in [3.8, 4) is 0 Å². The van der Waals surface area contributed by atoms with Crippen LogP contribution in [0.25, 0.3) is 0 Å². The molecule has 1 aliphatic heterocycles. The van der Waals surface area contributed by atoms with Gasteiger partial charge in [0.25, 0.3) is 5.91 Å². The Kier molecular flexibility index (Phi) is 5.09. The van der Waals surface area contributed by atoms with Crippen molar-refractivity contribution in [1.82, 2.24) is 9.80 Å². The maximum Gasteiger partial charge on any atom is 0.256 e. The number of rotatable bonds is 3. The SMILES string of the molecule is C[C@H](O)CN1CCN(C(=O)c2cc(Cl)sc2Cl)CC1. The summed E-state index contributed by atoms with van der Waals surface area (Å²) < 4.78 is 0.975. The highest BCUT2D eigenvalue weighted by Crippen LogP contribution is 2.32. The molecule has 19 heavy (non-hydrogen) atoms. The first-order chi connectivity index (χ1) is 8.97. The fourth-order valence-corrected chi connectivity index (χ4v) is 3.61. The van der Waals surface area contributed by atoms with Gasteiger partial charge in [-0.05, 0) is 13.0 Å². The van der Waals surface area contributed by atoms with E-state index >= 15 is 0 Å². The predicted octanol–water partition coefficient (Wildman–Crippen LogP) is 2.19. The van der Waals surface area contributed by atoms with Gasteiger partial charge in [-0.15, -0.1) is 11.3 Å². The molecule has 1 atom stereocenters. The molecule has 2 rings (SSSR count). The zero-order valence-corrected chi connectivity index (χ0v) is 12.9. The van der Waals surface area contributed by atoms with Gasteiger partial charge in [0.05, 0.1) is 16.0 Å². The maximum absolute atomic E-state index is 12.3. The number of nitrogens with zero attached hydrogens (tertiary/aromatic N) is 2. The Hall–Kier alpha value is -0.330. The quantitative estimate of drug-likeness (QED) is 0.927. The Bertz CT molecular complexity index is 457. The highest BCUT2D eigenvalue weighted by Gasteiger charge is 2.25. The summed E-state index contributed by atoms with van der Waals surface area (Å²) in [6.45, 7) is 5.25. The van der Waals surface area contributed by atoms with Gasteiger partial charge in [0.15, 0.2) is 0 Å². The number of carbonyl (C=O) groups is 1. The molecule has 0 bridgehead atoms. The number of hydrogen-bond donors (Lipinski definition) is 1. The van der Waals surface area contributed by atoms with Crippen LogP contribution in [0, 0.1) is 0 Å². The van der Waals surface area contributed by atoms with Gasteiger partial charge >= 0.3 is 0 Å².